The van der Waals surface area contributed by atoms with Crippen LogP contribution in [0.15, 0.2) is 16.5 Å². The molecule has 0 aliphatic heterocycles. The first-order valence-electron chi connectivity index (χ1n) is 4.22. The Balaban J connectivity index is 2.27. The summed E-state index contributed by atoms with van der Waals surface area (Å²) >= 11 is 5.52. The minimum absolute atomic E-state index is 0.238. The average molecular weight is 218 g/mol. The third-order valence-corrected chi connectivity index (χ3v) is 1.68. The van der Waals surface area contributed by atoms with Gasteiger partial charge < -0.3 is 15.5 Å². The van der Waals surface area contributed by atoms with Crippen LogP contribution in [0.5, 0.6) is 0 Å². The molecule has 1 heterocycles. The molecule has 0 spiro atoms. The van der Waals surface area contributed by atoms with Gasteiger partial charge in [-0.25, -0.2) is 4.79 Å². The van der Waals surface area contributed by atoms with Gasteiger partial charge in [0.1, 0.15) is 0 Å². The van der Waals surface area contributed by atoms with E-state index in [1.54, 1.807) is 12.1 Å². The molecule has 0 aliphatic rings. The molecule has 1 aromatic rings. The van der Waals surface area contributed by atoms with Gasteiger partial charge in [-0.15, -0.1) is 0 Å². The number of halogens is 1. The molecular weight excluding hydrogens is 206 g/mol. The lowest BCUT2D eigenvalue weighted by molar-refractivity contribution is 0.251. The van der Waals surface area contributed by atoms with Crippen molar-refractivity contribution in [1.82, 2.24) is 5.32 Å². The lowest BCUT2D eigenvalue weighted by Crippen LogP contribution is -2.30. The fourth-order valence-corrected chi connectivity index (χ4v) is 0.988. The van der Waals surface area contributed by atoms with Crippen molar-refractivity contribution in [3.63, 3.8) is 0 Å². The molecule has 4 N–H and O–H groups in total. The van der Waals surface area contributed by atoms with Crippen molar-refractivity contribution in [2.45, 2.75) is 6.42 Å². The van der Waals surface area contributed by atoms with Crippen molar-refractivity contribution < 1.29 is 9.21 Å². The third kappa shape index (κ3) is 3.68. The molecule has 2 amide bonds. The van der Waals surface area contributed by atoms with Gasteiger partial charge in [0.25, 0.3) is 0 Å². The van der Waals surface area contributed by atoms with Gasteiger partial charge in [-0.2, -0.15) is 0 Å². The predicted octanol–water partition coefficient (Wildman–Crippen LogP) is 1.40. The number of rotatable bonds is 4. The zero-order valence-electron chi connectivity index (χ0n) is 7.55. The van der Waals surface area contributed by atoms with Crippen LogP contribution >= 0.6 is 11.6 Å². The summed E-state index contributed by atoms with van der Waals surface area (Å²) in [6.07, 6.45) is 0.742. The molecule has 6 heteroatoms. The highest BCUT2D eigenvalue weighted by Crippen LogP contribution is 2.17. The van der Waals surface area contributed by atoms with E-state index in [-0.39, 0.29) is 11.3 Å². The Labute approximate surface area is 86.6 Å². The van der Waals surface area contributed by atoms with E-state index in [9.17, 15) is 4.79 Å². The van der Waals surface area contributed by atoms with Gasteiger partial charge in [0.2, 0.25) is 5.88 Å². The minimum atomic E-state index is -0.329. The Kier molecular flexibility index (Phi) is 4.28. The van der Waals surface area contributed by atoms with Gasteiger partial charge in [-0.3, -0.25) is 5.32 Å². The molecule has 0 aliphatic carbocycles. The van der Waals surface area contributed by atoms with Crippen molar-refractivity contribution >= 4 is 23.5 Å². The number of amides is 2. The monoisotopic (exact) mass is 217 g/mol. The zero-order chi connectivity index (χ0) is 10.4. The summed E-state index contributed by atoms with van der Waals surface area (Å²) in [5.41, 5.74) is 5.26. The van der Waals surface area contributed by atoms with E-state index in [0.717, 1.165) is 6.42 Å². The molecule has 0 atom stereocenters. The maximum absolute atomic E-state index is 11.1. The van der Waals surface area contributed by atoms with Gasteiger partial charge in [0.15, 0.2) is 5.22 Å². The van der Waals surface area contributed by atoms with Crippen molar-refractivity contribution in [3.05, 3.63) is 17.4 Å². The largest absolute Gasteiger partial charge is 0.429 e. The van der Waals surface area contributed by atoms with E-state index >= 15 is 0 Å². The fourth-order valence-electron chi connectivity index (χ4n) is 0.842. The van der Waals surface area contributed by atoms with E-state index in [1.807, 2.05) is 0 Å². The molecule has 1 aromatic heterocycles. The van der Waals surface area contributed by atoms with Crippen molar-refractivity contribution in [2.75, 3.05) is 18.4 Å². The molecule has 0 saturated carbocycles. The van der Waals surface area contributed by atoms with Crippen molar-refractivity contribution in [1.29, 1.82) is 0 Å². The van der Waals surface area contributed by atoms with Crippen molar-refractivity contribution in [2.24, 2.45) is 5.73 Å². The highest BCUT2D eigenvalue weighted by Gasteiger charge is 2.03. The van der Waals surface area contributed by atoms with E-state index in [2.05, 4.69) is 10.6 Å². The number of furan rings is 1. The molecule has 78 valence electrons. The first kappa shape index (κ1) is 10.9. The van der Waals surface area contributed by atoms with Crippen LogP contribution in [0.1, 0.15) is 6.42 Å². The summed E-state index contributed by atoms with van der Waals surface area (Å²) in [6, 6.07) is 2.80. The average Bonchev–Trinajstić information content (AvgIpc) is 2.52. The normalized spacial score (nSPS) is 9.86. The number of anilines is 1. The number of hydrogen-bond donors (Lipinski definition) is 3. The second-order valence-corrected chi connectivity index (χ2v) is 3.00. The molecule has 0 aromatic carbocycles. The zero-order valence-corrected chi connectivity index (χ0v) is 8.30. The lowest BCUT2D eigenvalue weighted by Gasteiger charge is -2.03. The van der Waals surface area contributed by atoms with Crippen LogP contribution in [0.25, 0.3) is 0 Å². The smallest absolute Gasteiger partial charge is 0.321 e. The van der Waals surface area contributed by atoms with E-state index in [0.29, 0.717) is 19.0 Å². The SMILES string of the molecule is NCCCNC(=O)Nc1ccc(Cl)o1. The van der Waals surface area contributed by atoms with Crippen LogP contribution in [-0.2, 0) is 0 Å². The summed E-state index contributed by atoms with van der Waals surface area (Å²) in [4.78, 5) is 11.1. The molecule has 14 heavy (non-hydrogen) atoms. The number of urea groups is 1. The first-order valence-corrected chi connectivity index (χ1v) is 4.60. The molecular formula is C8H12ClN3O2. The third-order valence-electron chi connectivity index (χ3n) is 1.48. The Morgan fingerprint density at radius 2 is 2.36 bits per heavy atom. The number of carbonyl (C=O) groups excluding carboxylic acids is 1. The topological polar surface area (TPSA) is 80.3 Å². The molecule has 5 nitrogen and oxygen atoms in total. The second-order valence-electron chi connectivity index (χ2n) is 2.63. The van der Waals surface area contributed by atoms with Crippen LogP contribution in [0.4, 0.5) is 10.7 Å². The van der Waals surface area contributed by atoms with E-state index in [1.165, 1.54) is 0 Å². The van der Waals surface area contributed by atoms with Gasteiger partial charge >= 0.3 is 6.03 Å². The molecule has 0 fully saturated rings. The summed E-state index contributed by atoms with van der Waals surface area (Å²) in [7, 11) is 0. The Morgan fingerprint density at radius 1 is 1.57 bits per heavy atom. The maximum atomic E-state index is 11.1. The number of hydrogen-bond acceptors (Lipinski definition) is 3. The lowest BCUT2D eigenvalue weighted by atomic mass is 10.4. The quantitative estimate of drug-likeness (QED) is 0.667. The fraction of sp³-hybridized carbons (Fsp3) is 0.375. The van der Waals surface area contributed by atoms with Crippen LogP contribution in [0.2, 0.25) is 5.22 Å². The Hall–Kier alpha value is -1.20. The van der Waals surface area contributed by atoms with Crippen molar-refractivity contribution in [3.8, 4) is 0 Å². The highest BCUT2D eigenvalue weighted by molar-refractivity contribution is 6.29. The van der Waals surface area contributed by atoms with Crippen LogP contribution < -0.4 is 16.4 Å². The molecule has 0 unspecified atom stereocenters. The van der Waals surface area contributed by atoms with Crippen LogP contribution in [0.3, 0.4) is 0 Å². The maximum Gasteiger partial charge on any atom is 0.321 e. The molecule has 0 bridgehead atoms. The van der Waals surface area contributed by atoms with Gasteiger partial charge in [-0.1, -0.05) is 0 Å². The van der Waals surface area contributed by atoms with Crippen LogP contribution in [0, 0.1) is 0 Å². The Bertz CT molecular complexity index is 301. The Morgan fingerprint density at radius 3 is 2.93 bits per heavy atom. The standard InChI is InChI=1S/C8H12ClN3O2/c9-6-2-3-7(14-6)12-8(13)11-5-1-4-10/h2-3H,1,4-5,10H2,(H2,11,12,13). The number of nitrogens with one attached hydrogen (secondary N) is 2. The van der Waals surface area contributed by atoms with E-state index in [4.69, 9.17) is 21.8 Å². The number of nitrogens with two attached hydrogens (primary N) is 1. The molecule has 0 saturated heterocycles. The van der Waals surface area contributed by atoms with E-state index < -0.39 is 0 Å². The summed E-state index contributed by atoms with van der Waals surface area (Å²) < 4.78 is 4.93. The summed E-state index contributed by atoms with van der Waals surface area (Å²) in [5, 5.41) is 5.33. The molecule has 0 radical (unpaired) electrons. The minimum Gasteiger partial charge on any atom is -0.429 e. The second kappa shape index (κ2) is 5.51. The highest BCUT2D eigenvalue weighted by atomic mass is 35.5. The van der Waals surface area contributed by atoms with Gasteiger partial charge in [0.05, 0.1) is 0 Å². The molecule has 1 rings (SSSR count). The number of carbonyl (C=O) groups is 1. The van der Waals surface area contributed by atoms with Crippen LogP contribution in [-0.4, -0.2) is 19.1 Å². The predicted molar refractivity (Wildman–Crippen MR) is 54.4 cm³/mol. The summed E-state index contributed by atoms with van der Waals surface area (Å²) in [6.45, 7) is 1.09. The first-order chi connectivity index (χ1) is 6.72. The van der Waals surface area contributed by atoms with Gasteiger partial charge in [0, 0.05) is 12.6 Å². The summed E-state index contributed by atoms with van der Waals surface area (Å²) in [5.74, 6) is 0.320. The van der Waals surface area contributed by atoms with Gasteiger partial charge in [-0.05, 0) is 30.6 Å².